The maximum absolute atomic E-state index is 12.6. The van der Waals surface area contributed by atoms with Crippen LogP contribution in [0.1, 0.15) is 15.9 Å². The van der Waals surface area contributed by atoms with E-state index in [4.69, 9.17) is 4.74 Å². The molecule has 0 unspecified atom stereocenters. The predicted octanol–water partition coefficient (Wildman–Crippen LogP) is 3.32. The number of hydrogen-bond acceptors (Lipinski definition) is 4. The molecule has 0 bridgehead atoms. The van der Waals surface area contributed by atoms with E-state index in [1.807, 2.05) is 0 Å². The van der Waals surface area contributed by atoms with E-state index in [9.17, 15) is 14.9 Å². The van der Waals surface area contributed by atoms with Gasteiger partial charge in [-0.2, -0.15) is 0 Å². The summed E-state index contributed by atoms with van der Waals surface area (Å²) in [5.74, 6) is 0.459. The zero-order valence-electron chi connectivity index (χ0n) is 11.7. The van der Waals surface area contributed by atoms with Gasteiger partial charge in [0.2, 0.25) is 0 Å². The molecular weight excluding hydrogens is 284 g/mol. The number of ether oxygens (including phenoxy) is 1. The Morgan fingerprint density at radius 3 is 2.55 bits per heavy atom. The summed E-state index contributed by atoms with van der Waals surface area (Å²) in [5.41, 5.74) is 1.20. The molecule has 1 aromatic heterocycles. The second-order valence-electron chi connectivity index (χ2n) is 4.72. The zero-order valence-corrected chi connectivity index (χ0v) is 11.7. The number of carbonyl (C=O) groups excluding carboxylic acids is 1. The lowest BCUT2D eigenvalue weighted by Gasteiger charge is -2.02. The van der Waals surface area contributed by atoms with Gasteiger partial charge < -0.3 is 9.72 Å². The van der Waals surface area contributed by atoms with Crippen LogP contribution in [0.25, 0.3) is 10.9 Å². The average Bonchev–Trinajstić information content (AvgIpc) is 2.98. The number of methoxy groups -OCH3 is 1. The molecule has 2 aromatic carbocycles. The second kappa shape index (κ2) is 5.33. The highest BCUT2D eigenvalue weighted by atomic mass is 16.6. The Hall–Kier alpha value is -3.15. The van der Waals surface area contributed by atoms with Crippen LogP contribution in [0.3, 0.4) is 0 Å². The molecule has 0 aliphatic rings. The predicted molar refractivity (Wildman–Crippen MR) is 81.4 cm³/mol. The van der Waals surface area contributed by atoms with Crippen molar-refractivity contribution in [3.05, 3.63) is 69.9 Å². The van der Waals surface area contributed by atoms with Crippen LogP contribution >= 0.6 is 0 Å². The number of ketones is 1. The van der Waals surface area contributed by atoms with Gasteiger partial charge in [-0.05, 0) is 24.3 Å². The normalized spacial score (nSPS) is 10.6. The van der Waals surface area contributed by atoms with Crippen molar-refractivity contribution in [2.45, 2.75) is 0 Å². The first kappa shape index (κ1) is 13.8. The molecule has 0 atom stereocenters. The molecule has 0 radical (unpaired) electrons. The first-order valence-corrected chi connectivity index (χ1v) is 6.55. The third-order valence-corrected chi connectivity index (χ3v) is 3.49. The zero-order chi connectivity index (χ0) is 15.7. The third-order valence-electron chi connectivity index (χ3n) is 3.49. The molecule has 0 saturated carbocycles. The highest BCUT2D eigenvalue weighted by Gasteiger charge is 2.19. The van der Waals surface area contributed by atoms with Crippen LogP contribution in [-0.2, 0) is 0 Å². The Bertz CT molecular complexity index is 865. The molecule has 22 heavy (non-hydrogen) atoms. The summed E-state index contributed by atoms with van der Waals surface area (Å²) in [5, 5.41) is 11.6. The van der Waals surface area contributed by atoms with Gasteiger partial charge in [0.05, 0.1) is 12.0 Å². The van der Waals surface area contributed by atoms with Crippen LogP contribution in [0.4, 0.5) is 5.69 Å². The molecule has 1 heterocycles. The molecule has 3 rings (SSSR count). The number of nitrogens with zero attached hydrogens (tertiary/aromatic N) is 1. The van der Waals surface area contributed by atoms with E-state index in [0.29, 0.717) is 27.8 Å². The summed E-state index contributed by atoms with van der Waals surface area (Å²) in [7, 11) is 1.55. The fraction of sp³-hybridized carbons (Fsp3) is 0.0625. The number of rotatable bonds is 4. The van der Waals surface area contributed by atoms with Crippen LogP contribution in [0.15, 0.2) is 48.7 Å². The monoisotopic (exact) mass is 296 g/mol. The topological polar surface area (TPSA) is 85.2 Å². The van der Waals surface area contributed by atoms with Gasteiger partial charge in [-0.3, -0.25) is 14.9 Å². The fourth-order valence-electron chi connectivity index (χ4n) is 2.38. The molecule has 0 aliphatic heterocycles. The lowest BCUT2D eigenvalue weighted by atomic mass is 10.0. The van der Waals surface area contributed by atoms with Crippen molar-refractivity contribution in [1.82, 2.24) is 4.98 Å². The fourth-order valence-corrected chi connectivity index (χ4v) is 2.38. The Kier molecular flexibility index (Phi) is 3.34. The summed E-state index contributed by atoms with van der Waals surface area (Å²) in [6.45, 7) is 0. The summed E-state index contributed by atoms with van der Waals surface area (Å²) < 4.78 is 5.06. The van der Waals surface area contributed by atoms with Crippen molar-refractivity contribution in [3.63, 3.8) is 0 Å². The molecule has 0 spiro atoms. The van der Waals surface area contributed by atoms with Gasteiger partial charge in [0.1, 0.15) is 11.3 Å². The first-order chi connectivity index (χ1) is 10.6. The molecular formula is C16H12N2O4. The molecule has 110 valence electrons. The Morgan fingerprint density at radius 1 is 1.18 bits per heavy atom. The van der Waals surface area contributed by atoms with Gasteiger partial charge in [-0.25, -0.2) is 0 Å². The molecule has 6 heteroatoms. The molecule has 3 aromatic rings. The Morgan fingerprint density at radius 2 is 1.91 bits per heavy atom. The SMILES string of the molecule is COc1ccc(C(=O)c2c[nH]c3c([N+](=O)[O-])cccc23)cc1. The Balaban J connectivity index is 2.08. The minimum Gasteiger partial charge on any atom is -0.497 e. The first-order valence-electron chi connectivity index (χ1n) is 6.55. The standard InChI is InChI=1S/C16H12N2O4/c1-22-11-7-5-10(6-8-11)16(19)13-9-17-15-12(13)3-2-4-14(15)18(20)21/h2-9,17H,1H3. The van der Waals surface area contributed by atoms with Crippen LogP contribution in [0.5, 0.6) is 5.75 Å². The quantitative estimate of drug-likeness (QED) is 0.454. The second-order valence-corrected chi connectivity index (χ2v) is 4.72. The number of carbonyl (C=O) groups is 1. The largest absolute Gasteiger partial charge is 0.497 e. The number of benzene rings is 2. The number of nitro groups is 1. The van der Waals surface area contributed by atoms with Gasteiger partial charge in [0.25, 0.3) is 5.69 Å². The van der Waals surface area contributed by atoms with E-state index in [1.54, 1.807) is 43.5 Å². The lowest BCUT2D eigenvalue weighted by molar-refractivity contribution is -0.383. The van der Waals surface area contributed by atoms with Crippen molar-refractivity contribution in [1.29, 1.82) is 0 Å². The van der Waals surface area contributed by atoms with Gasteiger partial charge in [0.15, 0.2) is 5.78 Å². The third kappa shape index (κ3) is 2.20. The summed E-state index contributed by atoms with van der Waals surface area (Å²) in [4.78, 5) is 25.9. The van der Waals surface area contributed by atoms with Crippen LogP contribution < -0.4 is 4.74 Å². The maximum atomic E-state index is 12.6. The number of aromatic amines is 1. The van der Waals surface area contributed by atoms with Crippen molar-refractivity contribution in [2.75, 3.05) is 7.11 Å². The van der Waals surface area contributed by atoms with Gasteiger partial charge in [-0.15, -0.1) is 0 Å². The molecule has 1 N–H and O–H groups in total. The van der Waals surface area contributed by atoms with E-state index in [-0.39, 0.29) is 11.5 Å². The van der Waals surface area contributed by atoms with E-state index < -0.39 is 4.92 Å². The van der Waals surface area contributed by atoms with E-state index >= 15 is 0 Å². The molecule has 6 nitrogen and oxygen atoms in total. The molecule has 0 aliphatic carbocycles. The Labute approximate surface area is 125 Å². The maximum Gasteiger partial charge on any atom is 0.293 e. The molecule has 0 fully saturated rings. The number of non-ortho nitro benzene ring substituents is 1. The number of hydrogen-bond donors (Lipinski definition) is 1. The van der Waals surface area contributed by atoms with Crippen LogP contribution in [0, 0.1) is 10.1 Å². The smallest absolute Gasteiger partial charge is 0.293 e. The van der Waals surface area contributed by atoms with E-state index in [0.717, 1.165) is 0 Å². The molecule has 0 amide bonds. The van der Waals surface area contributed by atoms with E-state index in [1.165, 1.54) is 12.3 Å². The number of nitro benzene ring substituents is 1. The number of H-pyrrole nitrogens is 1. The van der Waals surface area contributed by atoms with Gasteiger partial charge in [0, 0.05) is 28.8 Å². The highest BCUT2D eigenvalue weighted by molar-refractivity contribution is 6.17. The lowest BCUT2D eigenvalue weighted by Crippen LogP contribution is -2.00. The van der Waals surface area contributed by atoms with Crippen molar-refractivity contribution < 1.29 is 14.5 Å². The van der Waals surface area contributed by atoms with Crippen molar-refractivity contribution in [2.24, 2.45) is 0 Å². The summed E-state index contributed by atoms with van der Waals surface area (Å²) >= 11 is 0. The number of aromatic nitrogens is 1. The number of para-hydroxylation sites is 1. The van der Waals surface area contributed by atoms with Crippen LogP contribution in [0.2, 0.25) is 0 Å². The number of nitrogens with one attached hydrogen (secondary N) is 1. The van der Waals surface area contributed by atoms with Crippen molar-refractivity contribution in [3.8, 4) is 5.75 Å². The van der Waals surface area contributed by atoms with Gasteiger partial charge in [-0.1, -0.05) is 12.1 Å². The minimum atomic E-state index is -0.472. The summed E-state index contributed by atoms with van der Waals surface area (Å²) in [6.07, 6.45) is 1.50. The molecule has 0 saturated heterocycles. The highest BCUT2D eigenvalue weighted by Crippen LogP contribution is 2.28. The minimum absolute atomic E-state index is 0.0497. The van der Waals surface area contributed by atoms with Crippen molar-refractivity contribution >= 4 is 22.4 Å². The van der Waals surface area contributed by atoms with Gasteiger partial charge >= 0.3 is 0 Å². The average molecular weight is 296 g/mol. The number of fused-ring (bicyclic) bond motifs is 1. The summed E-state index contributed by atoms with van der Waals surface area (Å²) in [6, 6.07) is 11.4. The van der Waals surface area contributed by atoms with Crippen LogP contribution in [-0.4, -0.2) is 22.8 Å². The van der Waals surface area contributed by atoms with E-state index in [2.05, 4.69) is 4.98 Å².